The van der Waals surface area contributed by atoms with E-state index in [9.17, 15) is 14.4 Å². The average molecular weight is 389 g/mol. The summed E-state index contributed by atoms with van der Waals surface area (Å²) in [4.78, 5) is 35.9. The number of nitrogens with one attached hydrogen (secondary N) is 2. The molecule has 0 radical (unpaired) electrons. The van der Waals surface area contributed by atoms with Crippen molar-refractivity contribution in [2.45, 2.75) is 32.4 Å². The first-order valence-corrected chi connectivity index (χ1v) is 8.81. The summed E-state index contributed by atoms with van der Waals surface area (Å²) in [6, 6.07) is 15.1. The van der Waals surface area contributed by atoms with Crippen LogP contribution in [-0.4, -0.2) is 23.9 Å². The van der Waals surface area contributed by atoms with E-state index in [1.807, 2.05) is 6.07 Å². The van der Waals surface area contributed by atoms with Crippen LogP contribution in [-0.2, 0) is 19.1 Å². The van der Waals surface area contributed by atoms with Crippen molar-refractivity contribution in [1.82, 2.24) is 5.32 Å². The van der Waals surface area contributed by atoms with Crippen molar-refractivity contribution in [2.24, 2.45) is 0 Å². The Hall–Kier alpha value is -2.86. The van der Waals surface area contributed by atoms with Crippen LogP contribution in [0.3, 0.4) is 0 Å². The third-order valence-electron chi connectivity index (χ3n) is 3.74. The van der Waals surface area contributed by atoms with Crippen molar-refractivity contribution < 1.29 is 19.1 Å². The summed E-state index contributed by atoms with van der Waals surface area (Å²) in [6.45, 7) is 2.86. The minimum absolute atomic E-state index is 0.107. The summed E-state index contributed by atoms with van der Waals surface area (Å²) < 4.78 is 5.21. The highest BCUT2D eigenvalue weighted by Crippen LogP contribution is 2.20. The second-order valence-corrected chi connectivity index (χ2v) is 6.43. The molecule has 2 aromatic rings. The number of rotatable bonds is 7. The molecule has 0 saturated carbocycles. The number of halogens is 1. The van der Waals surface area contributed by atoms with Crippen molar-refractivity contribution in [3.63, 3.8) is 0 Å². The molecule has 2 N–H and O–H groups in total. The van der Waals surface area contributed by atoms with Gasteiger partial charge in [0.25, 0.3) is 5.91 Å². The van der Waals surface area contributed by atoms with E-state index in [2.05, 4.69) is 10.6 Å². The zero-order valence-electron chi connectivity index (χ0n) is 15.1. The number of ether oxygens (including phenoxy) is 1. The van der Waals surface area contributed by atoms with Crippen LogP contribution in [0.2, 0.25) is 5.02 Å². The molecule has 6 nitrogen and oxygen atoms in total. The molecule has 0 aliphatic rings. The zero-order chi connectivity index (χ0) is 19.8. The number of carbonyl (C=O) groups excluding carboxylic acids is 3. The van der Waals surface area contributed by atoms with Gasteiger partial charge in [-0.15, -0.1) is 0 Å². The van der Waals surface area contributed by atoms with Gasteiger partial charge < -0.3 is 15.4 Å². The van der Waals surface area contributed by atoms with Gasteiger partial charge in [0.05, 0.1) is 12.5 Å². The minimum Gasteiger partial charge on any atom is -0.452 e. The molecule has 7 heteroatoms. The number of carbonyl (C=O) groups is 3. The van der Waals surface area contributed by atoms with Crippen molar-refractivity contribution >= 4 is 35.1 Å². The van der Waals surface area contributed by atoms with E-state index in [-0.39, 0.29) is 12.3 Å². The third kappa shape index (κ3) is 6.75. The highest BCUT2D eigenvalue weighted by molar-refractivity contribution is 6.30. The van der Waals surface area contributed by atoms with Gasteiger partial charge in [0.15, 0.2) is 6.10 Å². The van der Waals surface area contributed by atoms with Gasteiger partial charge in [-0.2, -0.15) is 0 Å². The van der Waals surface area contributed by atoms with E-state index < -0.39 is 24.0 Å². The fraction of sp³-hybridized carbons (Fsp3) is 0.250. The summed E-state index contributed by atoms with van der Waals surface area (Å²) in [6.07, 6.45) is -1.08. The first-order chi connectivity index (χ1) is 12.8. The molecule has 0 saturated heterocycles. The first kappa shape index (κ1) is 20.5. The highest BCUT2D eigenvalue weighted by atomic mass is 35.5. The number of para-hydroxylation sites is 1. The highest BCUT2D eigenvalue weighted by Gasteiger charge is 2.22. The lowest BCUT2D eigenvalue weighted by Gasteiger charge is -2.19. The summed E-state index contributed by atoms with van der Waals surface area (Å²) in [7, 11) is 0. The summed E-state index contributed by atoms with van der Waals surface area (Å²) in [5, 5.41) is 5.93. The largest absolute Gasteiger partial charge is 0.452 e. The maximum absolute atomic E-state index is 12.3. The lowest BCUT2D eigenvalue weighted by Crippen LogP contribution is -2.33. The van der Waals surface area contributed by atoms with Crippen molar-refractivity contribution in [3.05, 3.63) is 65.2 Å². The van der Waals surface area contributed by atoms with Crippen LogP contribution >= 0.6 is 11.6 Å². The molecule has 27 heavy (non-hydrogen) atoms. The van der Waals surface area contributed by atoms with Gasteiger partial charge in [0, 0.05) is 17.6 Å². The molecule has 0 aliphatic heterocycles. The lowest BCUT2D eigenvalue weighted by molar-refractivity contribution is -0.153. The van der Waals surface area contributed by atoms with Gasteiger partial charge in [0.2, 0.25) is 5.91 Å². The Morgan fingerprint density at radius 3 is 2.26 bits per heavy atom. The Kier molecular flexibility index (Phi) is 7.37. The molecule has 2 rings (SSSR count). The number of anilines is 1. The Morgan fingerprint density at radius 2 is 1.67 bits per heavy atom. The number of hydrogen-bond donors (Lipinski definition) is 2. The van der Waals surface area contributed by atoms with Crippen LogP contribution in [0.5, 0.6) is 0 Å². The Labute approximate surface area is 162 Å². The molecule has 0 aromatic heterocycles. The molecule has 0 bridgehead atoms. The second-order valence-electron chi connectivity index (χ2n) is 6.00. The van der Waals surface area contributed by atoms with E-state index in [1.165, 1.54) is 13.8 Å². The predicted octanol–water partition coefficient (Wildman–Crippen LogP) is 3.48. The minimum atomic E-state index is -0.971. The first-order valence-electron chi connectivity index (χ1n) is 8.43. The second kappa shape index (κ2) is 9.73. The molecule has 0 aliphatic carbocycles. The van der Waals surface area contributed by atoms with E-state index in [4.69, 9.17) is 16.3 Å². The molecule has 0 heterocycles. The van der Waals surface area contributed by atoms with Gasteiger partial charge >= 0.3 is 5.97 Å². The SMILES string of the molecule is CC(=O)NC(CC(=O)OC(C)C(=O)Nc1ccccc1)c1ccc(Cl)cc1. The van der Waals surface area contributed by atoms with Crippen LogP contribution in [0, 0.1) is 0 Å². The predicted molar refractivity (Wildman–Crippen MR) is 103 cm³/mol. The molecule has 2 aromatic carbocycles. The maximum Gasteiger partial charge on any atom is 0.309 e. The van der Waals surface area contributed by atoms with Crippen LogP contribution in [0.4, 0.5) is 5.69 Å². The molecule has 2 atom stereocenters. The lowest BCUT2D eigenvalue weighted by atomic mass is 10.0. The smallest absolute Gasteiger partial charge is 0.309 e. The van der Waals surface area contributed by atoms with Crippen molar-refractivity contribution in [2.75, 3.05) is 5.32 Å². The molecule has 0 spiro atoms. The van der Waals surface area contributed by atoms with Gasteiger partial charge in [0.1, 0.15) is 0 Å². The van der Waals surface area contributed by atoms with Crippen molar-refractivity contribution in [3.8, 4) is 0 Å². The molecule has 0 fully saturated rings. The van der Waals surface area contributed by atoms with Crippen LogP contribution in [0.15, 0.2) is 54.6 Å². The van der Waals surface area contributed by atoms with Gasteiger partial charge in [-0.1, -0.05) is 41.9 Å². The quantitative estimate of drug-likeness (QED) is 0.711. The third-order valence-corrected chi connectivity index (χ3v) is 3.99. The van der Waals surface area contributed by atoms with E-state index in [1.54, 1.807) is 48.5 Å². The Bertz CT molecular complexity index is 793. The van der Waals surface area contributed by atoms with Crippen LogP contribution < -0.4 is 10.6 Å². The fourth-order valence-corrected chi connectivity index (χ4v) is 2.55. The van der Waals surface area contributed by atoms with E-state index in [0.717, 1.165) is 0 Å². The monoisotopic (exact) mass is 388 g/mol. The molecule has 2 amide bonds. The Morgan fingerprint density at radius 1 is 1.04 bits per heavy atom. The van der Waals surface area contributed by atoms with Crippen LogP contribution in [0.25, 0.3) is 0 Å². The summed E-state index contributed by atoms with van der Waals surface area (Å²) in [5.74, 6) is -1.31. The zero-order valence-corrected chi connectivity index (χ0v) is 15.8. The van der Waals surface area contributed by atoms with E-state index in [0.29, 0.717) is 16.3 Å². The number of hydrogen-bond acceptors (Lipinski definition) is 4. The normalized spacial score (nSPS) is 12.6. The maximum atomic E-state index is 12.3. The molecule has 2 unspecified atom stereocenters. The van der Waals surface area contributed by atoms with Crippen molar-refractivity contribution in [1.29, 1.82) is 0 Å². The summed E-state index contributed by atoms with van der Waals surface area (Å²) >= 11 is 5.87. The topological polar surface area (TPSA) is 84.5 Å². The molecular formula is C20H21ClN2O4. The van der Waals surface area contributed by atoms with Crippen LogP contribution in [0.1, 0.15) is 31.9 Å². The fourth-order valence-electron chi connectivity index (χ4n) is 2.42. The summed E-state index contributed by atoms with van der Waals surface area (Å²) in [5.41, 5.74) is 1.33. The number of esters is 1. The van der Waals surface area contributed by atoms with Gasteiger partial charge in [-0.05, 0) is 36.8 Å². The standard InChI is InChI=1S/C20H21ClN2O4/c1-13(20(26)23-17-6-4-3-5-7-17)27-19(25)12-18(22-14(2)24)15-8-10-16(21)11-9-15/h3-11,13,18H,12H2,1-2H3,(H,22,24)(H,23,26). The number of benzene rings is 2. The van der Waals surface area contributed by atoms with E-state index >= 15 is 0 Å². The number of amides is 2. The average Bonchev–Trinajstić information content (AvgIpc) is 2.62. The molecular weight excluding hydrogens is 368 g/mol. The van der Waals surface area contributed by atoms with Gasteiger partial charge in [-0.25, -0.2) is 0 Å². The Balaban J connectivity index is 1.96. The molecule has 142 valence electrons. The van der Waals surface area contributed by atoms with Gasteiger partial charge in [-0.3, -0.25) is 14.4 Å².